The van der Waals surface area contributed by atoms with Crippen molar-refractivity contribution < 1.29 is 0 Å². The fourth-order valence-electron chi connectivity index (χ4n) is 3.63. The minimum absolute atomic E-state index is 0.217. The molecule has 0 amide bonds. The highest BCUT2D eigenvalue weighted by atomic mass is 14.7. The Balaban J connectivity index is 2.02. The lowest BCUT2D eigenvalue weighted by atomic mass is 9.79. The second-order valence-corrected chi connectivity index (χ2v) is 6.63. The smallest absolute Gasteiger partial charge is 0.0453 e. The van der Waals surface area contributed by atoms with Crippen molar-refractivity contribution in [1.82, 2.24) is 0 Å². The molecule has 3 rings (SSSR count). The molecule has 0 heterocycles. The van der Waals surface area contributed by atoms with Crippen LogP contribution in [0.25, 0.3) is 0 Å². The highest BCUT2D eigenvalue weighted by molar-refractivity contribution is 5.39. The molecule has 0 radical (unpaired) electrons. The summed E-state index contributed by atoms with van der Waals surface area (Å²) in [6.45, 7) is 4.36. The molecule has 0 aromatic heterocycles. The van der Waals surface area contributed by atoms with Crippen molar-refractivity contribution in [3.8, 4) is 0 Å². The lowest BCUT2D eigenvalue weighted by molar-refractivity contribution is 0.398. The summed E-state index contributed by atoms with van der Waals surface area (Å²) in [6, 6.07) is 15.5. The molecule has 0 saturated heterocycles. The van der Waals surface area contributed by atoms with Gasteiger partial charge < -0.3 is 5.73 Å². The molecule has 1 nitrogen and oxygen atoms in total. The Labute approximate surface area is 128 Å². The Hall–Kier alpha value is -1.60. The summed E-state index contributed by atoms with van der Waals surface area (Å²) in [4.78, 5) is 0. The monoisotopic (exact) mass is 279 g/mol. The number of hydrogen-bond acceptors (Lipinski definition) is 1. The molecular weight excluding hydrogens is 254 g/mol. The zero-order valence-corrected chi connectivity index (χ0v) is 13.2. The van der Waals surface area contributed by atoms with Crippen molar-refractivity contribution in [2.75, 3.05) is 0 Å². The van der Waals surface area contributed by atoms with E-state index in [1.165, 1.54) is 47.1 Å². The molecule has 2 N–H and O–H groups in total. The van der Waals surface area contributed by atoms with Gasteiger partial charge in [-0.15, -0.1) is 0 Å². The van der Waals surface area contributed by atoms with Crippen LogP contribution in [0.1, 0.15) is 47.1 Å². The zero-order valence-electron chi connectivity index (χ0n) is 13.2. The van der Waals surface area contributed by atoms with Gasteiger partial charge >= 0.3 is 0 Å². The number of benzene rings is 2. The number of rotatable bonds is 2. The molecule has 0 aliphatic heterocycles. The van der Waals surface area contributed by atoms with E-state index >= 15 is 0 Å². The maximum Gasteiger partial charge on any atom is 0.0453 e. The zero-order chi connectivity index (χ0) is 14.9. The Morgan fingerprint density at radius 3 is 2.71 bits per heavy atom. The molecule has 1 atom stereocenters. The minimum Gasteiger partial charge on any atom is -0.321 e. The van der Waals surface area contributed by atoms with Crippen molar-refractivity contribution in [2.24, 2.45) is 5.73 Å². The Morgan fingerprint density at radius 2 is 1.86 bits per heavy atom. The summed E-state index contributed by atoms with van der Waals surface area (Å²) in [6.07, 6.45) is 5.66. The highest BCUT2D eigenvalue weighted by Crippen LogP contribution is 2.35. The van der Waals surface area contributed by atoms with Crippen LogP contribution in [0.3, 0.4) is 0 Å². The fraction of sp³-hybridized carbons (Fsp3) is 0.400. The van der Waals surface area contributed by atoms with Crippen LogP contribution in [0.2, 0.25) is 0 Å². The third-order valence-electron chi connectivity index (χ3n) is 4.88. The summed E-state index contributed by atoms with van der Waals surface area (Å²) in [5.74, 6) is 0. The average molecular weight is 279 g/mol. The van der Waals surface area contributed by atoms with Gasteiger partial charge in [-0.3, -0.25) is 0 Å². The first-order valence-electron chi connectivity index (χ1n) is 8.02. The van der Waals surface area contributed by atoms with Gasteiger partial charge in [-0.05, 0) is 61.8 Å². The van der Waals surface area contributed by atoms with E-state index in [2.05, 4.69) is 56.3 Å². The fourth-order valence-corrected chi connectivity index (χ4v) is 3.63. The van der Waals surface area contributed by atoms with Gasteiger partial charge in [0, 0.05) is 5.54 Å². The van der Waals surface area contributed by atoms with E-state index < -0.39 is 0 Å². The first kappa shape index (κ1) is 14.3. The number of hydrogen-bond donors (Lipinski definition) is 1. The van der Waals surface area contributed by atoms with Gasteiger partial charge in [0.05, 0.1) is 0 Å². The molecule has 0 saturated carbocycles. The van der Waals surface area contributed by atoms with Crippen molar-refractivity contribution >= 4 is 0 Å². The quantitative estimate of drug-likeness (QED) is 0.809. The molecule has 0 bridgehead atoms. The molecule has 0 fully saturated rings. The predicted octanol–water partition coefficient (Wildman–Crippen LogP) is 4.43. The van der Waals surface area contributed by atoms with Gasteiger partial charge in [-0.2, -0.15) is 0 Å². The Morgan fingerprint density at radius 1 is 1.05 bits per heavy atom. The molecule has 1 unspecified atom stereocenters. The van der Waals surface area contributed by atoms with Crippen LogP contribution in [0, 0.1) is 13.8 Å². The normalized spacial score (nSPS) is 21.7. The van der Waals surface area contributed by atoms with Crippen LogP contribution in [0.5, 0.6) is 0 Å². The second kappa shape index (κ2) is 5.65. The van der Waals surface area contributed by atoms with Crippen LogP contribution in [0.15, 0.2) is 42.5 Å². The van der Waals surface area contributed by atoms with Gasteiger partial charge in [0.1, 0.15) is 0 Å². The third kappa shape index (κ3) is 2.89. The van der Waals surface area contributed by atoms with Gasteiger partial charge in [0.15, 0.2) is 0 Å². The van der Waals surface area contributed by atoms with Crippen molar-refractivity contribution in [2.45, 2.75) is 51.5 Å². The molecule has 21 heavy (non-hydrogen) atoms. The summed E-state index contributed by atoms with van der Waals surface area (Å²) in [7, 11) is 0. The molecule has 0 spiro atoms. The summed E-state index contributed by atoms with van der Waals surface area (Å²) in [5.41, 5.74) is 13.6. The van der Waals surface area contributed by atoms with E-state index in [4.69, 9.17) is 5.73 Å². The van der Waals surface area contributed by atoms with Crippen LogP contribution in [-0.4, -0.2) is 0 Å². The van der Waals surface area contributed by atoms with E-state index in [1.54, 1.807) is 0 Å². The average Bonchev–Trinajstić information content (AvgIpc) is 2.63. The Kier molecular flexibility index (Phi) is 3.86. The molecule has 1 aliphatic rings. The van der Waals surface area contributed by atoms with Crippen LogP contribution in [0.4, 0.5) is 0 Å². The molecule has 2 aromatic carbocycles. The first-order chi connectivity index (χ1) is 10.1. The van der Waals surface area contributed by atoms with E-state index in [0.717, 1.165) is 12.8 Å². The summed E-state index contributed by atoms with van der Waals surface area (Å²) >= 11 is 0. The largest absolute Gasteiger partial charge is 0.321 e. The van der Waals surface area contributed by atoms with E-state index in [9.17, 15) is 0 Å². The van der Waals surface area contributed by atoms with E-state index in [-0.39, 0.29) is 5.54 Å². The van der Waals surface area contributed by atoms with Crippen molar-refractivity contribution in [1.29, 1.82) is 0 Å². The molecule has 110 valence electrons. The van der Waals surface area contributed by atoms with Crippen molar-refractivity contribution in [3.63, 3.8) is 0 Å². The second-order valence-electron chi connectivity index (χ2n) is 6.63. The highest BCUT2D eigenvalue weighted by Gasteiger charge is 2.31. The molecule has 2 aromatic rings. The maximum absolute atomic E-state index is 6.92. The molecular formula is C20H25N. The van der Waals surface area contributed by atoms with Gasteiger partial charge in [-0.25, -0.2) is 0 Å². The van der Waals surface area contributed by atoms with Crippen LogP contribution in [-0.2, 0) is 18.4 Å². The Bertz CT molecular complexity index is 644. The predicted molar refractivity (Wildman–Crippen MR) is 89.5 cm³/mol. The third-order valence-corrected chi connectivity index (χ3v) is 4.88. The lowest BCUT2D eigenvalue weighted by Crippen LogP contribution is -2.39. The number of fused-ring (bicyclic) bond motifs is 1. The lowest BCUT2D eigenvalue weighted by Gasteiger charge is -2.31. The molecule has 1 aliphatic carbocycles. The number of aryl methyl sites for hydroxylation is 3. The van der Waals surface area contributed by atoms with Crippen LogP contribution < -0.4 is 5.73 Å². The van der Waals surface area contributed by atoms with E-state index in [0.29, 0.717) is 0 Å². The topological polar surface area (TPSA) is 26.0 Å². The van der Waals surface area contributed by atoms with Gasteiger partial charge in [0.2, 0.25) is 0 Å². The minimum atomic E-state index is -0.217. The first-order valence-corrected chi connectivity index (χ1v) is 8.02. The van der Waals surface area contributed by atoms with E-state index in [1.807, 2.05) is 0 Å². The maximum atomic E-state index is 6.92. The van der Waals surface area contributed by atoms with Gasteiger partial charge in [-0.1, -0.05) is 54.4 Å². The van der Waals surface area contributed by atoms with Crippen molar-refractivity contribution in [3.05, 3.63) is 70.3 Å². The molecule has 1 heteroatoms. The summed E-state index contributed by atoms with van der Waals surface area (Å²) in [5, 5.41) is 0. The SMILES string of the molecule is Cc1ccc(C)c(CC2(N)CCCCc3ccccc32)c1. The van der Waals surface area contributed by atoms with Gasteiger partial charge in [0.25, 0.3) is 0 Å². The standard InChI is InChI=1S/C20H25N/c1-15-10-11-16(2)18(13-15)14-20(21)12-6-5-8-17-7-3-4-9-19(17)20/h3-4,7,9-11,13H,5-6,8,12,14,21H2,1-2H3. The summed E-state index contributed by atoms with van der Waals surface area (Å²) < 4.78 is 0. The number of nitrogens with two attached hydrogens (primary N) is 1. The van der Waals surface area contributed by atoms with Crippen LogP contribution >= 0.6 is 0 Å².